The molecule has 0 aliphatic carbocycles. The second-order valence-corrected chi connectivity index (χ2v) is 4.39. The van der Waals surface area contributed by atoms with Crippen molar-refractivity contribution in [2.75, 3.05) is 5.32 Å². The van der Waals surface area contributed by atoms with E-state index in [9.17, 15) is 18.0 Å². The van der Waals surface area contributed by atoms with Crippen molar-refractivity contribution in [1.82, 2.24) is 9.97 Å². The van der Waals surface area contributed by atoms with Crippen molar-refractivity contribution in [3.8, 4) is 0 Å². The Labute approximate surface area is 113 Å². The lowest BCUT2D eigenvalue weighted by Crippen LogP contribution is -2.10. The van der Waals surface area contributed by atoms with E-state index in [1.54, 1.807) is 0 Å². The van der Waals surface area contributed by atoms with E-state index in [0.717, 1.165) is 18.5 Å². The van der Waals surface area contributed by atoms with Gasteiger partial charge in [0.25, 0.3) is 5.56 Å². The number of hydrogen-bond donors (Lipinski definition) is 2. The molecule has 1 aromatic heterocycles. The summed E-state index contributed by atoms with van der Waals surface area (Å²) in [6.45, 7) is 0. The minimum Gasteiger partial charge on any atom is -0.339 e. The third-order valence-electron chi connectivity index (χ3n) is 2.25. The van der Waals surface area contributed by atoms with Gasteiger partial charge in [0.05, 0.1) is 11.9 Å². The van der Waals surface area contributed by atoms with Crippen LogP contribution >= 0.6 is 15.9 Å². The third kappa shape index (κ3) is 3.14. The van der Waals surface area contributed by atoms with E-state index in [1.807, 2.05) is 0 Å². The van der Waals surface area contributed by atoms with E-state index in [0.29, 0.717) is 0 Å². The Hall–Kier alpha value is -1.83. The Kier molecular flexibility index (Phi) is 3.61. The molecule has 0 saturated heterocycles. The first-order valence-corrected chi connectivity index (χ1v) is 5.84. The molecule has 0 amide bonds. The predicted octanol–water partition coefficient (Wildman–Crippen LogP) is 3.29. The molecule has 0 saturated carbocycles. The zero-order chi connectivity index (χ0) is 14.0. The van der Waals surface area contributed by atoms with E-state index in [-0.39, 0.29) is 16.0 Å². The van der Waals surface area contributed by atoms with Crippen LogP contribution in [0.1, 0.15) is 5.56 Å². The maximum absolute atomic E-state index is 12.5. The molecule has 100 valence electrons. The van der Waals surface area contributed by atoms with Gasteiger partial charge in [-0.3, -0.25) is 4.79 Å². The number of aromatic amines is 1. The molecule has 2 N–H and O–H groups in total. The van der Waals surface area contributed by atoms with Crippen LogP contribution in [0.15, 0.2) is 39.9 Å². The molecule has 0 bridgehead atoms. The van der Waals surface area contributed by atoms with Crippen LogP contribution in [0, 0.1) is 0 Å². The van der Waals surface area contributed by atoms with E-state index in [2.05, 4.69) is 31.2 Å². The van der Waals surface area contributed by atoms with Gasteiger partial charge in [-0.2, -0.15) is 13.2 Å². The number of aromatic nitrogens is 2. The highest BCUT2D eigenvalue weighted by atomic mass is 79.9. The molecule has 0 radical (unpaired) electrons. The molecule has 0 spiro atoms. The second-order valence-electron chi connectivity index (χ2n) is 3.60. The van der Waals surface area contributed by atoms with Crippen LogP contribution in [0.3, 0.4) is 0 Å². The van der Waals surface area contributed by atoms with Gasteiger partial charge in [-0.1, -0.05) is 6.07 Å². The molecule has 0 unspecified atom stereocenters. The molecule has 1 heterocycles. The summed E-state index contributed by atoms with van der Waals surface area (Å²) >= 11 is 3.00. The van der Waals surface area contributed by atoms with Crippen LogP contribution in [-0.4, -0.2) is 9.97 Å². The number of hydrogen-bond acceptors (Lipinski definition) is 3. The summed E-state index contributed by atoms with van der Waals surface area (Å²) in [5.74, 6) is 0.142. The first-order chi connectivity index (χ1) is 8.88. The fraction of sp³-hybridized carbons (Fsp3) is 0.0909. The minimum absolute atomic E-state index is 0.118. The molecule has 19 heavy (non-hydrogen) atoms. The Bertz CT molecular complexity index is 654. The molecule has 0 aliphatic heterocycles. The number of H-pyrrole nitrogens is 1. The maximum atomic E-state index is 12.5. The third-order valence-corrected chi connectivity index (χ3v) is 2.98. The molecule has 8 heteroatoms. The number of anilines is 2. The van der Waals surface area contributed by atoms with Crippen LogP contribution in [0.25, 0.3) is 0 Å². The average molecular weight is 334 g/mol. The molecule has 2 rings (SSSR count). The molecule has 2 aromatic rings. The van der Waals surface area contributed by atoms with Gasteiger partial charge in [-0.15, -0.1) is 0 Å². The zero-order valence-corrected chi connectivity index (χ0v) is 10.8. The molecule has 0 aliphatic rings. The molecule has 0 atom stereocenters. The molecular formula is C11H7BrF3N3O. The molecular weight excluding hydrogens is 327 g/mol. The monoisotopic (exact) mass is 333 g/mol. The number of alkyl halides is 3. The largest absolute Gasteiger partial charge is 0.416 e. The molecule has 0 fully saturated rings. The quantitative estimate of drug-likeness (QED) is 0.886. The Balaban J connectivity index is 2.34. The maximum Gasteiger partial charge on any atom is 0.416 e. The summed E-state index contributed by atoms with van der Waals surface area (Å²) in [6.07, 6.45) is -3.26. The molecule has 1 aromatic carbocycles. The topological polar surface area (TPSA) is 57.8 Å². The van der Waals surface area contributed by atoms with Crippen molar-refractivity contribution >= 4 is 27.4 Å². The van der Waals surface area contributed by atoms with Crippen molar-refractivity contribution in [3.63, 3.8) is 0 Å². The highest BCUT2D eigenvalue weighted by molar-refractivity contribution is 9.10. The lowest BCUT2D eigenvalue weighted by atomic mass is 10.2. The minimum atomic E-state index is -4.42. The van der Waals surface area contributed by atoms with Crippen molar-refractivity contribution in [1.29, 1.82) is 0 Å². The van der Waals surface area contributed by atoms with E-state index in [1.165, 1.54) is 12.1 Å². The second kappa shape index (κ2) is 5.04. The lowest BCUT2D eigenvalue weighted by Gasteiger charge is -2.10. The summed E-state index contributed by atoms with van der Waals surface area (Å²) in [7, 11) is 0. The number of benzene rings is 1. The predicted molar refractivity (Wildman–Crippen MR) is 67.3 cm³/mol. The SMILES string of the molecule is O=c1[nH]cnc(Nc2cccc(C(F)(F)F)c2)c1Br. The average Bonchev–Trinajstić information content (AvgIpc) is 2.34. The smallest absolute Gasteiger partial charge is 0.339 e. The summed E-state index contributed by atoms with van der Waals surface area (Å²) < 4.78 is 37.7. The van der Waals surface area contributed by atoms with Gasteiger partial charge < -0.3 is 10.3 Å². The van der Waals surface area contributed by atoms with Crippen LogP contribution in [0.2, 0.25) is 0 Å². The summed E-state index contributed by atoms with van der Waals surface area (Å²) in [5.41, 5.74) is -1.02. The van der Waals surface area contributed by atoms with Gasteiger partial charge in [0, 0.05) is 5.69 Å². The summed E-state index contributed by atoms with van der Waals surface area (Å²) in [4.78, 5) is 17.5. The highest BCUT2D eigenvalue weighted by Gasteiger charge is 2.30. The van der Waals surface area contributed by atoms with Crippen molar-refractivity contribution in [3.05, 3.63) is 51.0 Å². The normalized spacial score (nSPS) is 11.4. The van der Waals surface area contributed by atoms with Crippen molar-refractivity contribution in [2.24, 2.45) is 0 Å². The van der Waals surface area contributed by atoms with Gasteiger partial charge in [-0.05, 0) is 34.1 Å². The first kappa shape index (κ1) is 13.6. The van der Waals surface area contributed by atoms with Gasteiger partial charge in [0.2, 0.25) is 0 Å². The number of halogens is 4. The number of nitrogens with zero attached hydrogens (tertiary/aromatic N) is 1. The first-order valence-electron chi connectivity index (χ1n) is 5.05. The van der Waals surface area contributed by atoms with E-state index < -0.39 is 17.3 Å². The van der Waals surface area contributed by atoms with Gasteiger partial charge in [-0.25, -0.2) is 4.98 Å². The van der Waals surface area contributed by atoms with Crippen molar-refractivity contribution < 1.29 is 13.2 Å². The van der Waals surface area contributed by atoms with Gasteiger partial charge in [0.15, 0.2) is 5.82 Å². The van der Waals surface area contributed by atoms with Crippen LogP contribution in [0.4, 0.5) is 24.7 Å². The van der Waals surface area contributed by atoms with Crippen LogP contribution in [0.5, 0.6) is 0 Å². The van der Waals surface area contributed by atoms with Gasteiger partial charge in [0.1, 0.15) is 4.47 Å². The molecule has 4 nitrogen and oxygen atoms in total. The van der Waals surface area contributed by atoms with Crippen LogP contribution < -0.4 is 10.9 Å². The van der Waals surface area contributed by atoms with Crippen molar-refractivity contribution in [2.45, 2.75) is 6.18 Å². The zero-order valence-electron chi connectivity index (χ0n) is 9.25. The Morgan fingerprint density at radius 1 is 1.32 bits per heavy atom. The lowest BCUT2D eigenvalue weighted by molar-refractivity contribution is -0.137. The van der Waals surface area contributed by atoms with E-state index >= 15 is 0 Å². The van der Waals surface area contributed by atoms with Gasteiger partial charge >= 0.3 is 6.18 Å². The fourth-order valence-corrected chi connectivity index (χ4v) is 1.70. The summed E-state index contributed by atoms with van der Waals surface area (Å²) in [6, 6.07) is 4.62. The number of rotatable bonds is 2. The van der Waals surface area contributed by atoms with Crippen LogP contribution in [-0.2, 0) is 6.18 Å². The Morgan fingerprint density at radius 3 is 2.74 bits per heavy atom. The Morgan fingerprint density at radius 2 is 2.05 bits per heavy atom. The highest BCUT2D eigenvalue weighted by Crippen LogP contribution is 2.31. The fourth-order valence-electron chi connectivity index (χ4n) is 1.38. The standard InChI is InChI=1S/C11H7BrF3N3O/c12-8-9(16-5-17-10(8)19)18-7-3-1-2-6(4-7)11(13,14)15/h1-5H,(H2,16,17,18,19). The number of nitrogens with one attached hydrogen (secondary N) is 2. The van der Waals surface area contributed by atoms with E-state index in [4.69, 9.17) is 0 Å². The summed E-state index contributed by atoms with van der Waals surface area (Å²) in [5, 5.41) is 2.65.